The number of carbonyl (C=O) groups is 1. The van der Waals surface area contributed by atoms with Crippen molar-refractivity contribution in [2.75, 3.05) is 11.9 Å². The number of rotatable bonds is 5. The van der Waals surface area contributed by atoms with Crippen LogP contribution in [0.15, 0.2) is 79.3 Å². The summed E-state index contributed by atoms with van der Waals surface area (Å²) in [7, 11) is 0. The lowest BCUT2D eigenvalue weighted by Gasteiger charge is -2.07. The predicted molar refractivity (Wildman–Crippen MR) is 106 cm³/mol. The molecule has 6 heteroatoms. The third kappa shape index (κ3) is 4.12. The molecular weight excluding hydrogens is 338 g/mol. The Kier molecular flexibility index (Phi) is 4.78. The lowest BCUT2D eigenvalue weighted by atomic mass is 10.2. The molecule has 2 aromatic carbocycles. The zero-order valence-electron chi connectivity index (χ0n) is 14.7. The first-order chi connectivity index (χ1) is 13.3. The molecule has 0 bridgehead atoms. The number of hydrogen-bond acceptors (Lipinski definition) is 3. The summed E-state index contributed by atoms with van der Waals surface area (Å²) in [5, 5.41) is 11.3. The van der Waals surface area contributed by atoms with E-state index in [4.69, 9.17) is 0 Å². The van der Waals surface area contributed by atoms with Crippen molar-refractivity contribution in [2.45, 2.75) is 6.42 Å². The van der Waals surface area contributed by atoms with E-state index in [-0.39, 0.29) is 6.03 Å². The van der Waals surface area contributed by atoms with Gasteiger partial charge in [-0.25, -0.2) is 9.48 Å². The zero-order chi connectivity index (χ0) is 18.5. The molecule has 2 N–H and O–H groups in total. The number of fused-ring (bicyclic) bond motifs is 1. The third-order valence-electron chi connectivity index (χ3n) is 4.23. The monoisotopic (exact) mass is 357 g/mol. The van der Waals surface area contributed by atoms with Crippen molar-refractivity contribution in [3.8, 4) is 5.69 Å². The average Bonchev–Trinajstić information content (AvgIpc) is 3.13. The maximum atomic E-state index is 12.1. The molecule has 2 amide bonds. The fourth-order valence-corrected chi connectivity index (χ4v) is 2.85. The highest BCUT2D eigenvalue weighted by atomic mass is 16.2. The molecule has 0 spiro atoms. The molecule has 0 radical (unpaired) electrons. The van der Waals surface area contributed by atoms with Gasteiger partial charge in [-0.3, -0.25) is 4.98 Å². The van der Waals surface area contributed by atoms with Gasteiger partial charge in [-0.15, -0.1) is 0 Å². The van der Waals surface area contributed by atoms with Crippen molar-refractivity contribution < 1.29 is 4.79 Å². The minimum Gasteiger partial charge on any atom is -0.338 e. The summed E-state index contributed by atoms with van der Waals surface area (Å²) in [6, 6.07) is 19.3. The number of urea groups is 1. The lowest BCUT2D eigenvalue weighted by Crippen LogP contribution is -2.30. The molecule has 0 aliphatic carbocycles. The third-order valence-corrected chi connectivity index (χ3v) is 4.23. The second-order valence-corrected chi connectivity index (χ2v) is 6.17. The molecule has 0 unspecified atom stereocenters. The normalized spacial score (nSPS) is 10.7. The highest BCUT2D eigenvalue weighted by Crippen LogP contribution is 2.19. The summed E-state index contributed by atoms with van der Waals surface area (Å²) >= 11 is 0. The van der Waals surface area contributed by atoms with Crippen molar-refractivity contribution in [1.29, 1.82) is 0 Å². The van der Waals surface area contributed by atoms with Gasteiger partial charge >= 0.3 is 6.03 Å². The molecule has 0 aliphatic heterocycles. The first-order valence-corrected chi connectivity index (χ1v) is 8.76. The van der Waals surface area contributed by atoms with Gasteiger partial charge in [-0.1, -0.05) is 18.2 Å². The summed E-state index contributed by atoms with van der Waals surface area (Å²) in [4.78, 5) is 16.1. The fourth-order valence-electron chi connectivity index (χ4n) is 2.85. The summed E-state index contributed by atoms with van der Waals surface area (Å²) in [5.74, 6) is 0. The smallest absolute Gasteiger partial charge is 0.319 e. The first kappa shape index (κ1) is 16.8. The number of amides is 2. The Bertz CT molecular complexity index is 1040. The van der Waals surface area contributed by atoms with Crippen LogP contribution < -0.4 is 10.6 Å². The molecule has 0 saturated heterocycles. The number of pyridine rings is 1. The maximum Gasteiger partial charge on any atom is 0.319 e. The Morgan fingerprint density at radius 2 is 1.81 bits per heavy atom. The van der Waals surface area contributed by atoms with E-state index in [2.05, 4.69) is 20.7 Å². The van der Waals surface area contributed by atoms with E-state index in [1.165, 1.54) is 0 Å². The van der Waals surface area contributed by atoms with Gasteiger partial charge in [0.05, 0.1) is 11.2 Å². The second kappa shape index (κ2) is 7.70. The van der Waals surface area contributed by atoms with Gasteiger partial charge in [0.15, 0.2) is 0 Å². The molecule has 2 aromatic heterocycles. The minimum atomic E-state index is -0.231. The molecule has 134 valence electrons. The molecule has 4 rings (SSSR count). The molecule has 2 heterocycles. The molecule has 0 aliphatic rings. The van der Waals surface area contributed by atoms with Gasteiger partial charge in [0.1, 0.15) is 0 Å². The molecule has 0 saturated carbocycles. The summed E-state index contributed by atoms with van der Waals surface area (Å²) in [6.45, 7) is 0.556. The van der Waals surface area contributed by atoms with Gasteiger partial charge in [-0.2, -0.15) is 5.10 Å². The highest BCUT2D eigenvalue weighted by Gasteiger charge is 2.06. The number of nitrogens with zero attached hydrogens (tertiary/aromatic N) is 3. The number of hydrogen-bond donors (Lipinski definition) is 2. The zero-order valence-corrected chi connectivity index (χ0v) is 14.7. The quantitative estimate of drug-likeness (QED) is 0.571. The van der Waals surface area contributed by atoms with E-state index in [1.807, 2.05) is 71.5 Å². The van der Waals surface area contributed by atoms with Crippen molar-refractivity contribution in [2.24, 2.45) is 0 Å². The second-order valence-electron chi connectivity index (χ2n) is 6.17. The van der Waals surface area contributed by atoms with Crippen molar-refractivity contribution in [3.63, 3.8) is 0 Å². The first-order valence-electron chi connectivity index (χ1n) is 8.76. The van der Waals surface area contributed by atoms with E-state index in [9.17, 15) is 4.79 Å². The van der Waals surface area contributed by atoms with Crippen LogP contribution in [0, 0.1) is 0 Å². The average molecular weight is 357 g/mol. The van der Waals surface area contributed by atoms with Crippen LogP contribution in [-0.4, -0.2) is 27.3 Å². The Morgan fingerprint density at radius 3 is 2.63 bits per heavy atom. The van der Waals surface area contributed by atoms with Gasteiger partial charge in [0.2, 0.25) is 0 Å². The molecule has 0 atom stereocenters. The van der Waals surface area contributed by atoms with E-state index in [1.54, 1.807) is 12.4 Å². The Hall–Kier alpha value is -3.67. The van der Waals surface area contributed by atoms with Crippen LogP contribution in [0.25, 0.3) is 16.6 Å². The standard InChI is InChI=1S/C21H19N5O/c27-21(23-13-10-16-8-11-22-12-9-16)24-18-7-6-17-15-26(25-20(17)14-18)19-4-2-1-3-5-19/h1-9,11-12,14-15H,10,13H2,(H2,23,24,27). The SMILES string of the molecule is O=C(NCCc1ccncc1)Nc1ccc2cn(-c3ccccc3)nc2c1. The van der Waals surface area contributed by atoms with Gasteiger partial charge < -0.3 is 10.6 Å². The Morgan fingerprint density at radius 1 is 1.00 bits per heavy atom. The predicted octanol–water partition coefficient (Wildman–Crippen LogP) is 3.78. The Labute approximate surface area is 156 Å². The van der Waals surface area contributed by atoms with Gasteiger partial charge in [0, 0.05) is 36.2 Å². The Balaban J connectivity index is 1.39. The lowest BCUT2D eigenvalue weighted by molar-refractivity contribution is 0.252. The van der Waals surface area contributed by atoms with E-state index in [0.717, 1.165) is 28.6 Å². The number of anilines is 1. The van der Waals surface area contributed by atoms with E-state index in [0.29, 0.717) is 12.2 Å². The summed E-state index contributed by atoms with van der Waals surface area (Å²) in [6.07, 6.45) is 6.23. The largest absolute Gasteiger partial charge is 0.338 e. The summed E-state index contributed by atoms with van der Waals surface area (Å²) < 4.78 is 1.84. The van der Waals surface area contributed by atoms with Crippen molar-refractivity contribution in [1.82, 2.24) is 20.1 Å². The number of benzene rings is 2. The van der Waals surface area contributed by atoms with Gasteiger partial charge in [-0.05, 0) is 54.4 Å². The topological polar surface area (TPSA) is 71.8 Å². The number of nitrogens with one attached hydrogen (secondary N) is 2. The number of aromatic nitrogens is 3. The number of para-hydroxylation sites is 1. The highest BCUT2D eigenvalue weighted by molar-refractivity contribution is 5.92. The van der Waals surface area contributed by atoms with Crippen LogP contribution in [0.5, 0.6) is 0 Å². The van der Waals surface area contributed by atoms with Crippen LogP contribution in [-0.2, 0) is 6.42 Å². The number of carbonyl (C=O) groups excluding carboxylic acids is 1. The van der Waals surface area contributed by atoms with Crippen molar-refractivity contribution >= 4 is 22.6 Å². The molecule has 0 fully saturated rings. The van der Waals surface area contributed by atoms with Crippen LogP contribution in [0.2, 0.25) is 0 Å². The van der Waals surface area contributed by atoms with Crippen LogP contribution in [0.4, 0.5) is 10.5 Å². The molecule has 4 aromatic rings. The maximum absolute atomic E-state index is 12.1. The molecule has 6 nitrogen and oxygen atoms in total. The summed E-state index contributed by atoms with van der Waals surface area (Å²) in [5.41, 5.74) is 3.67. The van der Waals surface area contributed by atoms with Crippen LogP contribution in [0.1, 0.15) is 5.56 Å². The molecular formula is C21H19N5O. The van der Waals surface area contributed by atoms with Crippen LogP contribution >= 0.6 is 0 Å². The van der Waals surface area contributed by atoms with Crippen LogP contribution in [0.3, 0.4) is 0 Å². The van der Waals surface area contributed by atoms with E-state index >= 15 is 0 Å². The van der Waals surface area contributed by atoms with E-state index < -0.39 is 0 Å². The fraction of sp³-hybridized carbons (Fsp3) is 0.0952. The minimum absolute atomic E-state index is 0.231. The van der Waals surface area contributed by atoms with Crippen molar-refractivity contribution in [3.05, 3.63) is 84.8 Å². The van der Waals surface area contributed by atoms with Gasteiger partial charge in [0.25, 0.3) is 0 Å². The molecule has 27 heavy (non-hydrogen) atoms.